The summed E-state index contributed by atoms with van der Waals surface area (Å²) in [5.41, 5.74) is -0.0503. The second-order valence-electron chi connectivity index (χ2n) is 4.59. The number of benzene rings is 2. The molecule has 24 heavy (non-hydrogen) atoms. The molecule has 9 heteroatoms. The first-order valence-corrected chi connectivity index (χ1v) is 8.29. The van der Waals surface area contributed by atoms with Crippen molar-refractivity contribution in [2.75, 3.05) is 11.3 Å². The number of alkyl halides is 3. The van der Waals surface area contributed by atoms with E-state index in [1.165, 1.54) is 36.4 Å². The molecule has 1 N–H and O–H groups in total. The summed E-state index contributed by atoms with van der Waals surface area (Å²) >= 11 is 0. The highest BCUT2D eigenvalue weighted by atomic mass is 32.2. The molecule has 130 valence electrons. The molecular formula is C15H14F3NO4S. The van der Waals surface area contributed by atoms with Crippen LogP contribution in [0.3, 0.4) is 0 Å². The molecule has 0 saturated heterocycles. The van der Waals surface area contributed by atoms with Gasteiger partial charge < -0.3 is 9.47 Å². The second-order valence-corrected chi connectivity index (χ2v) is 6.27. The van der Waals surface area contributed by atoms with Crippen molar-refractivity contribution in [1.82, 2.24) is 0 Å². The molecule has 0 heterocycles. The van der Waals surface area contributed by atoms with Crippen molar-refractivity contribution in [3.8, 4) is 11.5 Å². The van der Waals surface area contributed by atoms with Crippen LogP contribution in [0.1, 0.15) is 6.92 Å². The Morgan fingerprint density at radius 1 is 1.04 bits per heavy atom. The Morgan fingerprint density at radius 2 is 1.71 bits per heavy atom. The lowest BCUT2D eigenvalue weighted by Gasteiger charge is -2.12. The molecule has 2 aromatic rings. The maximum absolute atomic E-state index is 12.3. The van der Waals surface area contributed by atoms with Gasteiger partial charge in [-0.3, -0.25) is 4.72 Å². The maximum Gasteiger partial charge on any atom is 0.573 e. The SMILES string of the molecule is CCOc1ccc(S(=O)(=O)Nc2cccc(OC(F)(F)F)c2)cc1. The van der Waals surface area contributed by atoms with E-state index in [1.54, 1.807) is 6.92 Å². The molecule has 0 saturated carbocycles. The Morgan fingerprint density at radius 3 is 2.29 bits per heavy atom. The molecule has 0 aromatic heterocycles. The van der Waals surface area contributed by atoms with E-state index in [0.717, 1.165) is 12.1 Å². The van der Waals surface area contributed by atoms with Crippen LogP contribution in [0, 0.1) is 0 Å². The average Bonchev–Trinajstić information content (AvgIpc) is 2.46. The summed E-state index contributed by atoms with van der Waals surface area (Å²) in [6, 6.07) is 10.2. The summed E-state index contributed by atoms with van der Waals surface area (Å²) in [6.07, 6.45) is -4.85. The molecule has 2 aromatic carbocycles. The van der Waals surface area contributed by atoms with Gasteiger partial charge in [-0.2, -0.15) is 0 Å². The second kappa shape index (κ2) is 7.00. The quantitative estimate of drug-likeness (QED) is 0.850. The molecule has 2 rings (SSSR count). The summed E-state index contributed by atoms with van der Waals surface area (Å²) < 4.78 is 72.3. The van der Waals surface area contributed by atoms with Crippen molar-refractivity contribution in [2.24, 2.45) is 0 Å². The molecule has 0 bridgehead atoms. The van der Waals surface area contributed by atoms with Crippen LogP contribution < -0.4 is 14.2 Å². The lowest BCUT2D eigenvalue weighted by Crippen LogP contribution is -2.17. The van der Waals surface area contributed by atoms with Crippen LogP contribution in [0.2, 0.25) is 0 Å². The first kappa shape index (κ1) is 17.9. The van der Waals surface area contributed by atoms with E-state index in [-0.39, 0.29) is 10.6 Å². The largest absolute Gasteiger partial charge is 0.573 e. The van der Waals surface area contributed by atoms with Crippen LogP contribution in [0.25, 0.3) is 0 Å². The third kappa shape index (κ3) is 5.05. The minimum atomic E-state index is -4.85. The predicted molar refractivity (Wildman–Crippen MR) is 81.5 cm³/mol. The standard InChI is InChI=1S/C15H14F3NO4S/c1-2-22-12-6-8-14(9-7-12)24(20,21)19-11-4-3-5-13(10-11)23-15(16,17)18/h3-10,19H,2H2,1H3. The van der Waals surface area contributed by atoms with Crippen molar-refractivity contribution in [1.29, 1.82) is 0 Å². The molecular weight excluding hydrogens is 347 g/mol. The highest BCUT2D eigenvalue weighted by Crippen LogP contribution is 2.26. The first-order valence-electron chi connectivity index (χ1n) is 6.81. The van der Waals surface area contributed by atoms with Gasteiger partial charge in [-0.25, -0.2) is 8.42 Å². The fourth-order valence-corrected chi connectivity index (χ4v) is 2.90. The summed E-state index contributed by atoms with van der Waals surface area (Å²) in [4.78, 5) is -0.0481. The first-order chi connectivity index (χ1) is 11.2. The van der Waals surface area contributed by atoms with Gasteiger partial charge in [-0.1, -0.05) is 6.07 Å². The minimum Gasteiger partial charge on any atom is -0.494 e. The molecule has 0 spiro atoms. The highest BCUT2D eigenvalue weighted by Gasteiger charge is 2.31. The highest BCUT2D eigenvalue weighted by molar-refractivity contribution is 7.92. The van der Waals surface area contributed by atoms with E-state index in [2.05, 4.69) is 9.46 Å². The van der Waals surface area contributed by atoms with Gasteiger partial charge >= 0.3 is 6.36 Å². The van der Waals surface area contributed by atoms with Gasteiger partial charge in [0.15, 0.2) is 0 Å². The van der Waals surface area contributed by atoms with Crippen molar-refractivity contribution >= 4 is 15.7 Å². The Balaban J connectivity index is 2.18. The van der Waals surface area contributed by atoms with Crippen LogP contribution in [-0.4, -0.2) is 21.4 Å². The van der Waals surface area contributed by atoms with Crippen molar-refractivity contribution in [3.05, 3.63) is 48.5 Å². The predicted octanol–water partition coefficient (Wildman–Crippen LogP) is 3.78. The van der Waals surface area contributed by atoms with E-state index in [1.807, 2.05) is 0 Å². The molecule has 0 atom stereocenters. The van der Waals surface area contributed by atoms with Crippen LogP contribution in [0.5, 0.6) is 11.5 Å². The maximum atomic E-state index is 12.3. The van der Waals surface area contributed by atoms with Crippen molar-refractivity contribution < 1.29 is 31.1 Å². The number of halogens is 3. The number of sulfonamides is 1. The van der Waals surface area contributed by atoms with Gasteiger partial charge in [0.05, 0.1) is 17.2 Å². The molecule has 0 aliphatic heterocycles. The minimum absolute atomic E-state index is 0.0481. The molecule has 0 amide bonds. The Kier molecular flexibility index (Phi) is 5.23. The number of hydrogen-bond acceptors (Lipinski definition) is 4. The third-order valence-electron chi connectivity index (χ3n) is 2.76. The molecule has 0 unspecified atom stereocenters. The molecule has 0 aliphatic rings. The number of rotatable bonds is 6. The molecule has 5 nitrogen and oxygen atoms in total. The Labute approximate surface area is 137 Å². The van der Waals surface area contributed by atoms with Crippen molar-refractivity contribution in [3.63, 3.8) is 0 Å². The van der Waals surface area contributed by atoms with Crippen LogP contribution in [-0.2, 0) is 10.0 Å². The molecule has 0 fully saturated rings. The zero-order valence-electron chi connectivity index (χ0n) is 12.5. The van der Waals surface area contributed by atoms with Gasteiger partial charge in [-0.05, 0) is 43.3 Å². The number of ether oxygens (including phenoxy) is 2. The fraction of sp³-hybridized carbons (Fsp3) is 0.200. The lowest BCUT2D eigenvalue weighted by atomic mass is 10.3. The Bertz CT molecular complexity index is 789. The van der Waals surface area contributed by atoms with Gasteiger partial charge in [0, 0.05) is 6.07 Å². The summed E-state index contributed by atoms with van der Waals surface area (Å²) in [5, 5.41) is 0. The van der Waals surface area contributed by atoms with E-state index in [4.69, 9.17) is 4.74 Å². The number of nitrogens with one attached hydrogen (secondary N) is 1. The van der Waals surface area contributed by atoms with E-state index in [9.17, 15) is 21.6 Å². The summed E-state index contributed by atoms with van der Waals surface area (Å²) in [7, 11) is -3.95. The zero-order chi connectivity index (χ0) is 17.8. The van der Waals surface area contributed by atoms with E-state index >= 15 is 0 Å². The van der Waals surface area contributed by atoms with E-state index < -0.39 is 22.1 Å². The molecule has 0 radical (unpaired) electrons. The van der Waals surface area contributed by atoms with Crippen LogP contribution >= 0.6 is 0 Å². The average molecular weight is 361 g/mol. The number of hydrogen-bond donors (Lipinski definition) is 1. The van der Waals surface area contributed by atoms with Gasteiger partial charge in [0.1, 0.15) is 11.5 Å². The van der Waals surface area contributed by atoms with Gasteiger partial charge in [0.2, 0.25) is 0 Å². The smallest absolute Gasteiger partial charge is 0.494 e. The topological polar surface area (TPSA) is 64.6 Å². The monoisotopic (exact) mass is 361 g/mol. The summed E-state index contributed by atoms with van der Waals surface area (Å²) in [5.74, 6) is -0.00795. The lowest BCUT2D eigenvalue weighted by molar-refractivity contribution is -0.274. The normalized spacial score (nSPS) is 11.8. The van der Waals surface area contributed by atoms with Gasteiger partial charge in [0.25, 0.3) is 10.0 Å². The third-order valence-corrected chi connectivity index (χ3v) is 4.16. The van der Waals surface area contributed by atoms with Crippen LogP contribution in [0.4, 0.5) is 18.9 Å². The van der Waals surface area contributed by atoms with Crippen LogP contribution in [0.15, 0.2) is 53.4 Å². The van der Waals surface area contributed by atoms with Crippen molar-refractivity contribution in [2.45, 2.75) is 18.2 Å². The zero-order valence-corrected chi connectivity index (χ0v) is 13.3. The van der Waals surface area contributed by atoms with E-state index in [0.29, 0.717) is 12.4 Å². The number of anilines is 1. The Hall–Kier alpha value is -2.42. The van der Waals surface area contributed by atoms with Gasteiger partial charge in [-0.15, -0.1) is 13.2 Å². The summed E-state index contributed by atoms with van der Waals surface area (Å²) in [6.45, 7) is 2.23. The fourth-order valence-electron chi connectivity index (χ4n) is 1.85. The molecule has 0 aliphatic carbocycles.